The van der Waals surface area contributed by atoms with Crippen LogP contribution in [-0.4, -0.2) is 12.5 Å². The molecular formula is C16H14BrNO. The normalized spacial score (nSPS) is 14.4. The number of anilines is 1. The lowest BCUT2D eigenvalue weighted by molar-refractivity contribution is 0.0980. The molecule has 0 radical (unpaired) electrons. The van der Waals surface area contributed by atoms with Gasteiger partial charge in [-0.15, -0.1) is 0 Å². The molecule has 2 aromatic rings. The Labute approximate surface area is 121 Å². The topological polar surface area (TPSA) is 20.3 Å². The number of nitrogens with zero attached hydrogens (tertiary/aromatic N) is 1. The van der Waals surface area contributed by atoms with Gasteiger partial charge in [0.1, 0.15) is 0 Å². The van der Waals surface area contributed by atoms with E-state index in [1.54, 1.807) is 0 Å². The smallest absolute Gasteiger partial charge is 0.258 e. The Bertz CT molecular complexity index is 651. The molecule has 0 atom stereocenters. The Balaban J connectivity index is 2.05. The van der Waals surface area contributed by atoms with Crippen LogP contribution in [0.4, 0.5) is 5.69 Å². The van der Waals surface area contributed by atoms with Gasteiger partial charge < -0.3 is 4.90 Å². The van der Waals surface area contributed by atoms with Crippen molar-refractivity contribution in [3.05, 3.63) is 63.6 Å². The minimum Gasteiger partial charge on any atom is -0.307 e. The fourth-order valence-electron chi connectivity index (χ4n) is 2.50. The predicted molar refractivity (Wildman–Crippen MR) is 80.7 cm³/mol. The van der Waals surface area contributed by atoms with Crippen molar-refractivity contribution in [3.8, 4) is 0 Å². The highest BCUT2D eigenvalue weighted by Crippen LogP contribution is 2.32. The van der Waals surface area contributed by atoms with E-state index in [0.717, 1.165) is 39.8 Å². The highest BCUT2D eigenvalue weighted by Gasteiger charge is 2.26. The van der Waals surface area contributed by atoms with E-state index in [4.69, 9.17) is 0 Å². The molecule has 1 heterocycles. The second kappa shape index (κ2) is 4.82. The second-order valence-electron chi connectivity index (χ2n) is 4.77. The summed E-state index contributed by atoms with van der Waals surface area (Å²) in [4.78, 5) is 14.4. The molecule has 96 valence electrons. The van der Waals surface area contributed by atoms with Crippen molar-refractivity contribution in [1.82, 2.24) is 0 Å². The van der Waals surface area contributed by atoms with Crippen LogP contribution in [0.5, 0.6) is 0 Å². The zero-order valence-corrected chi connectivity index (χ0v) is 12.3. The maximum absolute atomic E-state index is 12.6. The Kier molecular flexibility index (Phi) is 3.15. The third kappa shape index (κ3) is 2.08. The number of aryl methyl sites for hydroxylation is 1. The number of fused-ring (bicyclic) bond motifs is 1. The lowest BCUT2D eigenvalue weighted by Gasteiger charge is -2.29. The molecule has 0 N–H and O–H groups in total. The number of carbonyl (C=O) groups excluding carboxylic acids is 1. The maximum atomic E-state index is 12.6. The zero-order chi connectivity index (χ0) is 13.4. The first kappa shape index (κ1) is 12.4. The second-order valence-corrected chi connectivity index (χ2v) is 5.56. The quantitative estimate of drug-likeness (QED) is 0.780. The minimum atomic E-state index is 0.0909. The van der Waals surface area contributed by atoms with E-state index in [2.05, 4.69) is 15.9 Å². The van der Waals surface area contributed by atoms with E-state index < -0.39 is 0 Å². The summed E-state index contributed by atoms with van der Waals surface area (Å²) in [5.74, 6) is 0.0909. The van der Waals surface area contributed by atoms with Gasteiger partial charge in [0, 0.05) is 16.6 Å². The van der Waals surface area contributed by atoms with Crippen LogP contribution < -0.4 is 4.90 Å². The number of hydrogen-bond acceptors (Lipinski definition) is 1. The van der Waals surface area contributed by atoms with Gasteiger partial charge in [-0.1, -0.05) is 30.3 Å². The summed E-state index contributed by atoms with van der Waals surface area (Å²) in [5.41, 5.74) is 4.07. The maximum Gasteiger partial charge on any atom is 0.258 e. The van der Waals surface area contributed by atoms with Crippen molar-refractivity contribution < 1.29 is 4.79 Å². The summed E-state index contributed by atoms with van der Waals surface area (Å²) in [6.45, 7) is 2.77. The molecule has 3 rings (SSSR count). The van der Waals surface area contributed by atoms with Crippen LogP contribution in [-0.2, 0) is 6.42 Å². The molecule has 0 unspecified atom stereocenters. The van der Waals surface area contributed by atoms with Gasteiger partial charge in [0.15, 0.2) is 0 Å². The number of carbonyl (C=O) groups is 1. The molecule has 0 spiro atoms. The summed E-state index contributed by atoms with van der Waals surface area (Å²) in [6.07, 6.45) is 0.905. The molecule has 1 amide bonds. The van der Waals surface area contributed by atoms with Crippen molar-refractivity contribution in [2.24, 2.45) is 0 Å². The molecule has 2 aromatic carbocycles. The van der Waals surface area contributed by atoms with Crippen LogP contribution >= 0.6 is 15.9 Å². The van der Waals surface area contributed by atoms with Crippen molar-refractivity contribution in [2.75, 3.05) is 11.4 Å². The van der Waals surface area contributed by atoms with Gasteiger partial charge in [-0.05, 0) is 52.5 Å². The van der Waals surface area contributed by atoms with E-state index in [0.29, 0.717) is 0 Å². The van der Waals surface area contributed by atoms with E-state index in [-0.39, 0.29) is 5.91 Å². The first-order valence-electron chi connectivity index (χ1n) is 6.33. The van der Waals surface area contributed by atoms with Crippen molar-refractivity contribution >= 4 is 27.5 Å². The molecule has 0 aromatic heterocycles. The van der Waals surface area contributed by atoms with Gasteiger partial charge >= 0.3 is 0 Å². The molecule has 0 saturated carbocycles. The summed E-state index contributed by atoms with van der Waals surface area (Å²) in [6, 6.07) is 13.9. The number of benzene rings is 2. The molecule has 0 aliphatic carbocycles. The highest BCUT2D eigenvalue weighted by atomic mass is 79.9. The average molecular weight is 316 g/mol. The number of amides is 1. The molecule has 0 fully saturated rings. The Hall–Kier alpha value is -1.61. The monoisotopic (exact) mass is 315 g/mol. The van der Waals surface area contributed by atoms with Crippen LogP contribution in [0.25, 0.3) is 0 Å². The molecule has 19 heavy (non-hydrogen) atoms. The molecular weight excluding hydrogens is 302 g/mol. The Morgan fingerprint density at radius 1 is 1.11 bits per heavy atom. The van der Waals surface area contributed by atoms with Crippen molar-refractivity contribution in [2.45, 2.75) is 13.3 Å². The third-order valence-electron chi connectivity index (χ3n) is 3.56. The van der Waals surface area contributed by atoms with Crippen LogP contribution in [0.2, 0.25) is 0 Å². The van der Waals surface area contributed by atoms with E-state index >= 15 is 0 Å². The SMILES string of the molecule is Cc1cccc(N2CCc3ccccc3C2=O)c1Br. The number of rotatable bonds is 1. The van der Waals surface area contributed by atoms with Gasteiger partial charge in [0.25, 0.3) is 5.91 Å². The minimum absolute atomic E-state index is 0.0909. The lowest BCUT2D eigenvalue weighted by atomic mass is 9.98. The molecule has 0 saturated heterocycles. The molecule has 1 aliphatic rings. The molecule has 3 heteroatoms. The number of hydrogen-bond donors (Lipinski definition) is 0. The van der Waals surface area contributed by atoms with Gasteiger partial charge in [0.05, 0.1) is 5.69 Å². The number of halogens is 1. The summed E-state index contributed by atoms with van der Waals surface area (Å²) in [7, 11) is 0. The summed E-state index contributed by atoms with van der Waals surface area (Å²) in [5, 5.41) is 0. The standard InChI is InChI=1S/C16H14BrNO/c1-11-5-4-8-14(15(11)17)18-10-9-12-6-2-3-7-13(12)16(18)19/h2-8H,9-10H2,1H3. The van der Waals surface area contributed by atoms with Crippen LogP contribution in [0, 0.1) is 6.92 Å². The van der Waals surface area contributed by atoms with Gasteiger partial charge in [0.2, 0.25) is 0 Å². The molecule has 1 aliphatic heterocycles. The van der Waals surface area contributed by atoms with Crippen molar-refractivity contribution in [3.63, 3.8) is 0 Å². The fraction of sp³-hybridized carbons (Fsp3) is 0.188. The van der Waals surface area contributed by atoms with E-state index in [1.807, 2.05) is 54.3 Å². The van der Waals surface area contributed by atoms with Crippen LogP contribution in [0.1, 0.15) is 21.5 Å². The van der Waals surface area contributed by atoms with Gasteiger partial charge in [-0.2, -0.15) is 0 Å². The summed E-state index contributed by atoms with van der Waals surface area (Å²) < 4.78 is 1.00. The first-order valence-corrected chi connectivity index (χ1v) is 7.12. The Morgan fingerprint density at radius 3 is 2.74 bits per heavy atom. The van der Waals surface area contributed by atoms with E-state index in [1.165, 1.54) is 0 Å². The zero-order valence-electron chi connectivity index (χ0n) is 10.7. The fourth-order valence-corrected chi connectivity index (χ4v) is 2.97. The van der Waals surface area contributed by atoms with Gasteiger partial charge in [-0.25, -0.2) is 0 Å². The van der Waals surface area contributed by atoms with Crippen molar-refractivity contribution in [1.29, 1.82) is 0 Å². The summed E-state index contributed by atoms with van der Waals surface area (Å²) >= 11 is 3.59. The predicted octanol–water partition coefficient (Wildman–Crippen LogP) is 3.96. The lowest BCUT2D eigenvalue weighted by Crippen LogP contribution is -2.37. The molecule has 0 bridgehead atoms. The van der Waals surface area contributed by atoms with Gasteiger partial charge in [-0.3, -0.25) is 4.79 Å². The Morgan fingerprint density at radius 2 is 1.89 bits per heavy atom. The first-order chi connectivity index (χ1) is 9.18. The highest BCUT2D eigenvalue weighted by molar-refractivity contribution is 9.10. The third-order valence-corrected chi connectivity index (χ3v) is 4.59. The van der Waals surface area contributed by atoms with E-state index in [9.17, 15) is 4.79 Å². The molecule has 2 nitrogen and oxygen atoms in total. The average Bonchev–Trinajstić information content (AvgIpc) is 2.43. The van der Waals surface area contributed by atoms with Crippen LogP contribution in [0.3, 0.4) is 0 Å². The van der Waals surface area contributed by atoms with Crippen LogP contribution in [0.15, 0.2) is 46.9 Å². The largest absolute Gasteiger partial charge is 0.307 e.